The number of hydrogen-bond acceptors (Lipinski definition) is 6. The van der Waals surface area contributed by atoms with Crippen LogP contribution in [0.4, 0.5) is 0 Å². The second-order valence-corrected chi connectivity index (χ2v) is 9.00. The summed E-state index contributed by atoms with van der Waals surface area (Å²) < 4.78 is 5.38. The Hall–Kier alpha value is -2.77. The topological polar surface area (TPSA) is 91.8 Å². The van der Waals surface area contributed by atoms with E-state index < -0.39 is 0 Å². The first-order valence-electron chi connectivity index (χ1n) is 10.6. The standard InChI is InChI=1S/C24H31N3O4/c1-24(2,3)26-23(30)21-14-17(6-7-25-21)13-20(28)15-19-12-18(4-5-22(19)29)16-27-8-10-31-11-9-27/h4-7,12,14,29H,8-11,13,15-16H2,1-3H3,(H,26,30). The smallest absolute Gasteiger partial charge is 0.270 e. The Morgan fingerprint density at radius 1 is 1.10 bits per heavy atom. The number of rotatable bonds is 7. The number of amides is 1. The van der Waals surface area contributed by atoms with Crippen LogP contribution >= 0.6 is 0 Å². The summed E-state index contributed by atoms with van der Waals surface area (Å²) in [7, 11) is 0. The normalized spacial score (nSPS) is 14.9. The number of pyridine rings is 1. The average Bonchev–Trinajstić information content (AvgIpc) is 2.70. The quantitative estimate of drug-likeness (QED) is 0.708. The Balaban J connectivity index is 1.63. The number of aromatic hydroxyl groups is 1. The number of aromatic nitrogens is 1. The molecule has 31 heavy (non-hydrogen) atoms. The molecule has 3 rings (SSSR count). The predicted octanol–water partition coefficient (Wildman–Crippen LogP) is 2.50. The molecule has 1 aliphatic rings. The van der Waals surface area contributed by atoms with Crippen molar-refractivity contribution in [3.8, 4) is 5.75 Å². The van der Waals surface area contributed by atoms with Gasteiger partial charge in [0.25, 0.3) is 5.91 Å². The van der Waals surface area contributed by atoms with Crippen molar-refractivity contribution in [2.75, 3.05) is 26.3 Å². The number of morpholine rings is 1. The molecule has 2 heterocycles. The molecule has 1 aromatic carbocycles. The van der Waals surface area contributed by atoms with E-state index in [1.165, 1.54) is 0 Å². The van der Waals surface area contributed by atoms with E-state index >= 15 is 0 Å². The minimum absolute atomic E-state index is 0.0350. The average molecular weight is 426 g/mol. The van der Waals surface area contributed by atoms with Gasteiger partial charge in [-0.2, -0.15) is 0 Å². The van der Waals surface area contributed by atoms with Crippen LogP contribution in [-0.4, -0.2) is 58.5 Å². The van der Waals surface area contributed by atoms with Gasteiger partial charge in [-0.1, -0.05) is 12.1 Å². The molecule has 0 atom stereocenters. The third-order valence-corrected chi connectivity index (χ3v) is 4.99. The number of phenols is 1. The zero-order chi connectivity index (χ0) is 22.4. The highest BCUT2D eigenvalue weighted by atomic mass is 16.5. The van der Waals surface area contributed by atoms with E-state index in [1.54, 1.807) is 24.4 Å². The minimum atomic E-state index is -0.367. The second-order valence-electron chi connectivity index (χ2n) is 9.00. The molecule has 0 unspecified atom stereocenters. The Labute approximate surface area is 183 Å². The maximum absolute atomic E-state index is 12.7. The van der Waals surface area contributed by atoms with E-state index in [2.05, 4.69) is 15.2 Å². The molecule has 0 aliphatic carbocycles. The highest BCUT2D eigenvalue weighted by Gasteiger charge is 2.18. The molecule has 1 aromatic heterocycles. The fraction of sp³-hybridized carbons (Fsp3) is 0.458. The SMILES string of the molecule is CC(C)(C)NC(=O)c1cc(CC(=O)Cc2cc(CN3CCOCC3)ccc2O)ccn1. The molecule has 2 N–H and O–H groups in total. The number of ether oxygens (including phenoxy) is 1. The Bertz CT molecular complexity index is 931. The first kappa shape index (κ1) is 22.9. The molecule has 1 aliphatic heterocycles. The summed E-state index contributed by atoms with van der Waals surface area (Å²) in [5, 5.41) is 13.1. The molecule has 1 saturated heterocycles. The van der Waals surface area contributed by atoms with Crippen molar-refractivity contribution in [3.63, 3.8) is 0 Å². The molecule has 1 fully saturated rings. The summed E-state index contributed by atoms with van der Waals surface area (Å²) in [6.07, 6.45) is 1.85. The maximum atomic E-state index is 12.7. The molecule has 0 saturated carbocycles. The lowest BCUT2D eigenvalue weighted by Gasteiger charge is -2.26. The predicted molar refractivity (Wildman–Crippen MR) is 118 cm³/mol. The summed E-state index contributed by atoms with van der Waals surface area (Å²) in [6, 6.07) is 8.83. The Kier molecular flexibility index (Phi) is 7.41. The van der Waals surface area contributed by atoms with Crippen LogP contribution in [-0.2, 0) is 28.9 Å². The molecule has 7 heteroatoms. The lowest BCUT2D eigenvalue weighted by molar-refractivity contribution is -0.117. The van der Waals surface area contributed by atoms with Crippen LogP contribution in [0.3, 0.4) is 0 Å². The van der Waals surface area contributed by atoms with E-state index in [9.17, 15) is 14.7 Å². The monoisotopic (exact) mass is 425 g/mol. The minimum Gasteiger partial charge on any atom is -0.508 e. The van der Waals surface area contributed by atoms with Gasteiger partial charge in [0.05, 0.1) is 13.2 Å². The van der Waals surface area contributed by atoms with Crippen LogP contribution in [0.2, 0.25) is 0 Å². The molecular weight excluding hydrogens is 394 g/mol. The van der Waals surface area contributed by atoms with Crippen LogP contribution < -0.4 is 5.32 Å². The van der Waals surface area contributed by atoms with Crippen molar-refractivity contribution in [2.24, 2.45) is 0 Å². The summed E-state index contributed by atoms with van der Waals surface area (Å²) in [5.41, 5.74) is 2.33. The van der Waals surface area contributed by atoms with Crippen LogP contribution in [0.15, 0.2) is 36.5 Å². The number of ketones is 1. The van der Waals surface area contributed by atoms with Gasteiger partial charge >= 0.3 is 0 Å². The highest BCUT2D eigenvalue weighted by Crippen LogP contribution is 2.21. The van der Waals surface area contributed by atoms with E-state index in [0.29, 0.717) is 5.56 Å². The first-order chi connectivity index (χ1) is 14.7. The number of nitrogens with zero attached hydrogens (tertiary/aromatic N) is 2. The molecule has 0 spiro atoms. The number of nitrogens with one attached hydrogen (secondary N) is 1. The zero-order valence-electron chi connectivity index (χ0n) is 18.5. The molecule has 166 valence electrons. The van der Waals surface area contributed by atoms with E-state index in [4.69, 9.17) is 4.74 Å². The van der Waals surface area contributed by atoms with Gasteiger partial charge < -0.3 is 15.2 Å². The van der Waals surface area contributed by atoms with Crippen molar-refractivity contribution in [1.82, 2.24) is 15.2 Å². The zero-order valence-corrected chi connectivity index (χ0v) is 18.5. The largest absolute Gasteiger partial charge is 0.508 e. The van der Waals surface area contributed by atoms with Gasteiger partial charge in [0.1, 0.15) is 17.2 Å². The van der Waals surface area contributed by atoms with E-state index in [1.807, 2.05) is 32.9 Å². The molecule has 1 amide bonds. The lowest BCUT2D eigenvalue weighted by atomic mass is 10.00. The number of benzene rings is 1. The van der Waals surface area contributed by atoms with Crippen molar-refractivity contribution in [3.05, 3.63) is 58.9 Å². The summed E-state index contributed by atoms with van der Waals surface area (Å²) >= 11 is 0. The van der Waals surface area contributed by atoms with E-state index in [0.717, 1.165) is 44.0 Å². The van der Waals surface area contributed by atoms with Gasteiger partial charge in [0, 0.05) is 49.8 Å². The third-order valence-electron chi connectivity index (χ3n) is 4.99. The number of carbonyl (C=O) groups is 2. The number of Topliss-reactive ketones (excluding diaryl/α,β-unsaturated/α-hetero) is 1. The van der Waals surface area contributed by atoms with Crippen LogP contribution in [0.25, 0.3) is 0 Å². The third kappa shape index (κ3) is 7.15. The maximum Gasteiger partial charge on any atom is 0.270 e. The van der Waals surface area contributed by atoms with E-state index in [-0.39, 0.29) is 41.5 Å². The number of hydrogen-bond donors (Lipinski definition) is 2. The van der Waals surface area contributed by atoms with Crippen LogP contribution in [0.1, 0.15) is 48.0 Å². The van der Waals surface area contributed by atoms with Crippen molar-refractivity contribution in [2.45, 2.75) is 45.7 Å². The summed E-state index contributed by atoms with van der Waals surface area (Å²) in [5.74, 6) is -0.179. The number of phenolic OH excluding ortho intramolecular Hbond substituents is 1. The Morgan fingerprint density at radius 3 is 2.55 bits per heavy atom. The van der Waals surface area contributed by atoms with Gasteiger partial charge in [-0.05, 0) is 50.1 Å². The summed E-state index contributed by atoms with van der Waals surface area (Å²) in [4.78, 5) is 31.4. The van der Waals surface area contributed by atoms with Crippen LogP contribution in [0.5, 0.6) is 5.75 Å². The molecule has 2 aromatic rings. The van der Waals surface area contributed by atoms with Gasteiger partial charge in [-0.15, -0.1) is 0 Å². The summed E-state index contributed by atoms with van der Waals surface area (Å²) in [6.45, 7) is 9.68. The lowest BCUT2D eigenvalue weighted by Crippen LogP contribution is -2.40. The van der Waals surface area contributed by atoms with Crippen molar-refractivity contribution in [1.29, 1.82) is 0 Å². The number of carbonyl (C=O) groups excluding carboxylic acids is 2. The van der Waals surface area contributed by atoms with Crippen molar-refractivity contribution >= 4 is 11.7 Å². The van der Waals surface area contributed by atoms with Crippen molar-refractivity contribution < 1.29 is 19.4 Å². The second kappa shape index (κ2) is 10.0. The van der Waals surface area contributed by atoms with Gasteiger partial charge in [0.15, 0.2) is 0 Å². The first-order valence-corrected chi connectivity index (χ1v) is 10.6. The molecule has 0 bridgehead atoms. The molecule has 7 nitrogen and oxygen atoms in total. The highest BCUT2D eigenvalue weighted by molar-refractivity contribution is 5.93. The molecular formula is C24H31N3O4. The van der Waals surface area contributed by atoms with Gasteiger partial charge in [0.2, 0.25) is 0 Å². The fourth-order valence-corrected chi connectivity index (χ4v) is 3.51. The van der Waals surface area contributed by atoms with Crippen LogP contribution in [0, 0.1) is 0 Å². The Morgan fingerprint density at radius 2 is 1.84 bits per heavy atom. The molecule has 0 radical (unpaired) electrons. The fourth-order valence-electron chi connectivity index (χ4n) is 3.51. The van der Waals surface area contributed by atoms with Gasteiger partial charge in [-0.3, -0.25) is 19.5 Å². The van der Waals surface area contributed by atoms with Gasteiger partial charge in [-0.25, -0.2) is 0 Å².